The minimum absolute atomic E-state index is 0.141. The lowest BCUT2D eigenvalue weighted by Gasteiger charge is -2.29. The second kappa shape index (κ2) is 10.5. The smallest absolute Gasteiger partial charge is 0.343 e. The molecular formula is C32H25FN2O6. The van der Waals surface area contributed by atoms with Crippen LogP contribution in [0.4, 0.5) is 15.8 Å². The SMILES string of the molecule is COc1cc([C@@H]2[C@@H]3C(=O)N(c4ccc(C)cc4)C(=O)[C@@H]3ON2c2ccccc2)ccc1OC(=O)c1ccc(F)cc1. The van der Waals surface area contributed by atoms with E-state index in [1.54, 1.807) is 35.4 Å². The quantitative estimate of drug-likeness (QED) is 0.180. The van der Waals surface area contributed by atoms with E-state index in [-0.39, 0.29) is 23.0 Å². The summed E-state index contributed by atoms with van der Waals surface area (Å²) in [6, 6.07) is 25.6. The van der Waals surface area contributed by atoms with Crippen LogP contribution >= 0.6 is 0 Å². The Morgan fingerprint density at radius 1 is 0.829 bits per heavy atom. The van der Waals surface area contributed by atoms with Crippen molar-refractivity contribution in [2.75, 3.05) is 17.1 Å². The molecule has 2 heterocycles. The van der Waals surface area contributed by atoms with Gasteiger partial charge >= 0.3 is 5.97 Å². The summed E-state index contributed by atoms with van der Waals surface area (Å²) in [5.41, 5.74) is 2.94. The number of carbonyl (C=O) groups is 3. The number of fused-ring (bicyclic) bond motifs is 1. The molecule has 0 aromatic heterocycles. The molecule has 8 nitrogen and oxygen atoms in total. The molecule has 3 atom stereocenters. The fourth-order valence-electron chi connectivity index (χ4n) is 5.20. The maximum atomic E-state index is 13.9. The van der Waals surface area contributed by atoms with Gasteiger partial charge in [0.25, 0.3) is 5.91 Å². The average molecular weight is 553 g/mol. The van der Waals surface area contributed by atoms with Crippen LogP contribution in [0.2, 0.25) is 0 Å². The lowest BCUT2D eigenvalue weighted by atomic mass is 9.90. The van der Waals surface area contributed by atoms with E-state index in [4.69, 9.17) is 14.3 Å². The van der Waals surface area contributed by atoms with Crippen molar-refractivity contribution >= 4 is 29.2 Å². The van der Waals surface area contributed by atoms with Crippen molar-refractivity contribution in [3.05, 3.63) is 120 Å². The summed E-state index contributed by atoms with van der Waals surface area (Å²) >= 11 is 0. The molecule has 0 spiro atoms. The standard InChI is InChI=1S/C32H25FN2O6/c1-19-8-15-23(16-9-19)34-30(36)27-28(35(41-29(27)31(34)37)24-6-4-3-5-7-24)21-12-17-25(26(18-21)39-2)40-32(38)20-10-13-22(33)14-11-20/h3-18,27-29H,1-2H3/t27-,28+,29+/m0/s1. The molecule has 4 aromatic carbocycles. The van der Waals surface area contributed by atoms with Crippen molar-refractivity contribution in [2.45, 2.75) is 19.1 Å². The number of methoxy groups -OCH3 is 1. The molecule has 2 aliphatic rings. The van der Waals surface area contributed by atoms with E-state index < -0.39 is 35.8 Å². The number of hydroxylamine groups is 1. The van der Waals surface area contributed by atoms with Gasteiger partial charge in [-0.25, -0.2) is 19.1 Å². The van der Waals surface area contributed by atoms with E-state index in [1.807, 2.05) is 49.4 Å². The van der Waals surface area contributed by atoms with E-state index in [9.17, 15) is 18.8 Å². The van der Waals surface area contributed by atoms with E-state index in [1.165, 1.54) is 36.3 Å². The molecule has 4 aromatic rings. The largest absolute Gasteiger partial charge is 0.493 e. The van der Waals surface area contributed by atoms with Crippen LogP contribution in [0.25, 0.3) is 0 Å². The number of hydrogen-bond donors (Lipinski definition) is 0. The molecule has 0 radical (unpaired) electrons. The van der Waals surface area contributed by atoms with Crippen molar-refractivity contribution in [3.63, 3.8) is 0 Å². The van der Waals surface area contributed by atoms with E-state index in [0.29, 0.717) is 16.9 Å². The van der Waals surface area contributed by atoms with Crippen molar-refractivity contribution in [2.24, 2.45) is 5.92 Å². The summed E-state index contributed by atoms with van der Waals surface area (Å²) in [6.45, 7) is 1.93. The number of halogens is 1. The van der Waals surface area contributed by atoms with Crippen molar-refractivity contribution in [1.29, 1.82) is 0 Å². The van der Waals surface area contributed by atoms with Crippen LogP contribution in [-0.2, 0) is 14.4 Å². The minimum Gasteiger partial charge on any atom is -0.493 e. The molecule has 6 rings (SSSR count). The molecule has 0 bridgehead atoms. The Balaban J connectivity index is 1.36. The number of benzene rings is 4. The van der Waals surface area contributed by atoms with Crippen LogP contribution in [0, 0.1) is 18.7 Å². The van der Waals surface area contributed by atoms with Crippen molar-refractivity contribution in [3.8, 4) is 11.5 Å². The molecule has 41 heavy (non-hydrogen) atoms. The van der Waals surface area contributed by atoms with Crippen LogP contribution < -0.4 is 19.4 Å². The lowest BCUT2D eigenvalue weighted by molar-refractivity contribution is -0.126. The number of hydrogen-bond acceptors (Lipinski definition) is 7. The maximum Gasteiger partial charge on any atom is 0.343 e. The normalized spacial score (nSPS) is 19.8. The number of imide groups is 1. The number of rotatable bonds is 6. The van der Waals surface area contributed by atoms with Gasteiger partial charge in [0.05, 0.1) is 30.1 Å². The van der Waals surface area contributed by atoms with Crippen LogP contribution in [-0.4, -0.2) is 31.0 Å². The Kier molecular flexibility index (Phi) is 6.72. The third kappa shape index (κ3) is 4.70. The first-order valence-corrected chi connectivity index (χ1v) is 13.0. The van der Waals surface area contributed by atoms with Gasteiger partial charge in [-0.1, -0.05) is 42.0 Å². The average Bonchev–Trinajstić information content (AvgIpc) is 3.50. The summed E-state index contributed by atoms with van der Waals surface area (Å²) in [7, 11) is 1.43. The highest BCUT2D eigenvalue weighted by atomic mass is 19.1. The van der Waals surface area contributed by atoms with Gasteiger partial charge in [-0.3, -0.25) is 14.4 Å². The topological polar surface area (TPSA) is 85.4 Å². The molecule has 9 heteroatoms. The first kappa shape index (κ1) is 26.2. The van der Waals surface area contributed by atoms with Crippen LogP contribution in [0.15, 0.2) is 97.1 Å². The number of aryl methyl sites for hydroxylation is 1. The highest BCUT2D eigenvalue weighted by molar-refractivity contribution is 6.23. The molecule has 2 aliphatic heterocycles. The highest BCUT2D eigenvalue weighted by Gasteiger charge is 2.60. The lowest BCUT2D eigenvalue weighted by Crippen LogP contribution is -2.37. The second-order valence-electron chi connectivity index (χ2n) is 9.81. The first-order chi connectivity index (χ1) is 19.9. The van der Waals surface area contributed by atoms with Gasteiger partial charge in [-0.05, 0) is 73.2 Å². The van der Waals surface area contributed by atoms with E-state index >= 15 is 0 Å². The van der Waals surface area contributed by atoms with Crippen LogP contribution in [0.1, 0.15) is 27.5 Å². The Morgan fingerprint density at radius 2 is 1.54 bits per heavy atom. The third-order valence-electron chi connectivity index (χ3n) is 7.23. The summed E-state index contributed by atoms with van der Waals surface area (Å²) in [5.74, 6) is -2.44. The number of esters is 1. The molecule has 2 amide bonds. The molecule has 206 valence electrons. The second-order valence-corrected chi connectivity index (χ2v) is 9.81. The number of carbonyl (C=O) groups excluding carboxylic acids is 3. The Hall–Kier alpha value is -5.02. The van der Waals surface area contributed by atoms with E-state index in [0.717, 1.165) is 5.56 Å². The van der Waals surface area contributed by atoms with Crippen LogP contribution in [0.3, 0.4) is 0 Å². The summed E-state index contributed by atoms with van der Waals surface area (Å²) in [5, 5.41) is 1.58. The van der Waals surface area contributed by atoms with Gasteiger partial charge in [-0.15, -0.1) is 0 Å². The number of anilines is 2. The van der Waals surface area contributed by atoms with Gasteiger partial charge in [0, 0.05) is 0 Å². The molecule has 0 unspecified atom stereocenters. The number of para-hydroxylation sites is 1. The molecule has 0 aliphatic carbocycles. The zero-order valence-electron chi connectivity index (χ0n) is 22.2. The Labute approximate surface area is 235 Å². The molecule has 2 fully saturated rings. The Morgan fingerprint density at radius 3 is 2.22 bits per heavy atom. The van der Waals surface area contributed by atoms with E-state index in [2.05, 4.69) is 0 Å². The van der Waals surface area contributed by atoms with Gasteiger partial charge in [0.15, 0.2) is 17.6 Å². The van der Waals surface area contributed by atoms with Gasteiger partial charge < -0.3 is 9.47 Å². The molecule has 0 N–H and O–H groups in total. The fourth-order valence-corrected chi connectivity index (χ4v) is 5.20. The number of nitrogens with zero attached hydrogens (tertiary/aromatic N) is 2. The number of amides is 2. The van der Waals surface area contributed by atoms with Gasteiger partial charge in [0.1, 0.15) is 11.7 Å². The van der Waals surface area contributed by atoms with Crippen molar-refractivity contribution < 1.29 is 33.1 Å². The minimum atomic E-state index is -1.03. The predicted molar refractivity (Wildman–Crippen MR) is 148 cm³/mol. The Bertz CT molecular complexity index is 1620. The fraction of sp³-hybridized carbons (Fsp3) is 0.156. The first-order valence-electron chi connectivity index (χ1n) is 13.0. The maximum absolute atomic E-state index is 13.9. The zero-order chi connectivity index (χ0) is 28.7. The highest BCUT2D eigenvalue weighted by Crippen LogP contribution is 2.48. The van der Waals surface area contributed by atoms with Crippen molar-refractivity contribution in [1.82, 2.24) is 0 Å². The monoisotopic (exact) mass is 552 g/mol. The third-order valence-corrected chi connectivity index (χ3v) is 7.23. The summed E-state index contributed by atoms with van der Waals surface area (Å²) in [4.78, 5) is 47.5. The van der Waals surface area contributed by atoms with Gasteiger partial charge in [-0.2, -0.15) is 0 Å². The van der Waals surface area contributed by atoms with Crippen LogP contribution in [0.5, 0.6) is 11.5 Å². The summed E-state index contributed by atoms with van der Waals surface area (Å²) in [6.07, 6.45) is -1.03. The van der Waals surface area contributed by atoms with Gasteiger partial charge in [0.2, 0.25) is 5.91 Å². The molecule has 2 saturated heterocycles. The zero-order valence-corrected chi connectivity index (χ0v) is 22.2. The molecular weight excluding hydrogens is 527 g/mol. The number of ether oxygens (including phenoxy) is 2. The molecule has 0 saturated carbocycles. The summed E-state index contributed by atoms with van der Waals surface area (Å²) < 4.78 is 24.4. The predicted octanol–water partition coefficient (Wildman–Crippen LogP) is 5.41.